The van der Waals surface area contributed by atoms with E-state index in [1.807, 2.05) is 0 Å². The molecule has 2 amide bonds. The fourth-order valence-corrected chi connectivity index (χ4v) is 0.692. The van der Waals surface area contributed by atoms with E-state index in [0.29, 0.717) is 6.21 Å². The number of nitro groups is 1. The van der Waals surface area contributed by atoms with Crippen molar-refractivity contribution in [2.24, 2.45) is 15.7 Å². The Morgan fingerprint density at radius 3 is 2.77 bits per heavy atom. The SMILES string of the molecule is NC(=O)C1N=C([N+](=O)[O-])C=NC1=O. The van der Waals surface area contributed by atoms with Crippen LogP contribution in [-0.2, 0) is 9.59 Å². The van der Waals surface area contributed by atoms with Gasteiger partial charge in [0.15, 0.2) is 0 Å². The Labute approximate surface area is 71.3 Å². The molecule has 8 heteroatoms. The van der Waals surface area contributed by atoms with E-state index in [0.717, 1.165) is 0 Å². The third kappa shape index (κ3) is 1.72. The molecule has 0 aromatic carbocycles. The highest BCUT2D eigenvalue weighted by atomic mass is 16.6. The molecule has 0 aliphatic carbocycles. The van der Waals surface area contributed by atoms with E-state index in [1.54, 1.807) is 0 Å². The lowest BCUT2D eigenvalue weighted by molar-refractivity contribution is -0.346. The van der Waals surface area contributed by atoms with Crippen LogP contribution in [0.5, 0.6) is 0 Å². The number of amides is 2. The molecule has 0 bridgehead atoms. The zero-order chi connectivity index (χ0) is 10.0. The Morgan fingerprint density at radius 1 is 1.69 bits per heavy atom. The number of carbonyl (C=O) groups excluding carboxylic acids is 2. The molecule has 1 rings (SSSR count). The first-order chi connectivity index (χ1) is 6.02. The summed E-state index contributed by atoms with van der Waals surface area (Å²) in [6.07, 6.45) is 0.682. The van der Waals surface area contributed by atoms with Crippen LogP contribution in [0.4, 0.5) is 0 Å². The molecular formula is C5H4N4O4. The van der Waals surface area contributed by atoms with Crippen molar-refractivity contribution in [3.05, 3.63) is 10.1 Å². The minimum absolute atomic E-state index is 0.650. The van der Waals surface area contributed by atoms with Crippen LogP contribution in [-0.4, -0.2) is 34.8 Å². The number of amidine groups is 1. The zero-order valence-corrected chi connectivity index (χ0v) is 6.21. The van der Waals surface area contributed by atoms with Gasteiger partial charge in [-0.15, -0.1) is 0 Å². The molecule has 0 saturated carbocycles. The molecule has 1 heterocycles. The van der Waals surface area contributed by atoms with Gasteiger partial charge >= 0.3 is 11.7 Å². The lowest BCUT2D eigenvalue weighted by Gasteiger charge is -2.02. The van der Waals surface area contributed by atoms with Crippen LogP contribution >= 0.6 is 0 Å². The van der Waals surface area contributed by atoms with E-state index >= 15 is 0 Å². The summed E-state index contributed by atoms with van der Waals surface area (Å²) >= 11 is 0. The molecule has 1 unspecified atom stereocenters. The molecule has 0 radical (unpaired) electrons. The fourth-order valence-electron chi connectivity index (χ4n) is 0.692. The number of nitrogens with two attached hydrogens (primary N) is 1. The first-order valence-electron chi connectivity index (χ1n) is 3.12. The number of primary amides is 1. The van der Waals surface area contributed by atoms with Gasteiger partial charge < -0.3 is 15.8 Å². The Morgan fingerprint density at radius 2 is 2.31 bits per heavy atom. The summed E-state index contributed by atoms with van der Waals surface area (Å²) in [7, 11) is 0. The fraction of sp³-hybridized carbons (Fsp3) is 0.200. The van der Waals surface area contributed by atoms with Crippen molar-refractivity contribution < 1.29 is 14.5 Å². The molecule has 13 heavy (non-hydrogen) atoms. The molecule has 1 aliphatic heterocycles. The number of hydrogen-bond donors (Lipinski definition) is 1. The van der Waals surface area contributed by atoms with E-state index in [9.17, 15) is 19.7 Å². The number of hydrogen-bond acceptors (Lipinski definition) is 5. The van der Waals surface area contributed by atoms with Gasteiger partial charge in [-0.2, -0.15) is 0 Å². The van der Waals surface area contributed by atoms with Gasteiger partial charge in [-0.05, 0) is 4.92 Å². The largest absolute Gasteiger partial charge is 0.378 e. The molecule has 68 valence electrons. The van der Waals surface area contributed by atoms with Gasteiger partial charge in [0.25, 0.3) is 11.9 Å². The van der Waals surface area contributed by atoms with Gasteiger partial charge in [0.05, 0.1) is 0 Å². The maximum absolute atomic E-state index is 10.8. The van der Waals surface area contributed by atoms with Crippen LogP contribution in [0, 0.1) is 10.1 Å². The second-order valence-electron chi connectivity index (χ2n) is 2.15. The van der Waals surface area contributed by atoms with Crippen LogP contribution < -0.4 is 5.73 Å². The Balaban J connectivity index is 3.00. The van der Waals surface area contributed by atoms with E-state index in [-0.39, 0.29) is 0 Å². The molecule has 0 spiro atoms. The normalized spacial score (nSPS) is 21.1. The van der Waals surface area contributed by atoms with Gasteiger partial charge in [0, 0.05) is 0 Å². The van der Waals surface area contributed by atoms with E-state index < -0.39 is 28.6 Å². The average molecular weight is 184 g/mol. The quantitative estimate of drug-likeness (QED) is 0.290. The number of nitrogens with zero attached hydrogens (tertiary/aromatic N) is 3. The minimum Gasteiger partial charge on any atom is -0.365 e. The molecule has 0 aromatic rings. The molecule has 1 aliphatic rings. The van der Waals surface area contributed by atoms with Gasteiger partial charge in [-0.3, -0.25) is 9.59 Å². The lowest BCUT2D eigenvalue weighted by Crippen LogP contribution is -2.38. The molecule has 8 nitrogen and oxygen atoms in total. The predicted octanol–water partition coefficient (Wildman–Crippen LogP) is -1.87. The first kappa shape index (κ1) is 8.97. The third-order valence-corrected chi connectivity index (χ3v) is 1.26. The van der Waals surface area contributed by atoms with Crippen LogP contribution in [0.3, 0.4) is 0 Å². The van der Waals surface area contributed by atoms with Gasteiger partial charge in [-0.25, -0.2) is 4.99 Å². The zero-order valence-electron chi connectivity index (χ0n) is 6.21. The van der Waals surface area contributed by atoms with Crippen LogP contribution in [0.15, 0.2) is 9.98 Å². The molecule has 2 N–H and O–H groups in total. The van der Waals surface area contributed by atoms with E-state index in [1.165, 1.54) is 0 Å². The van der Waals surface area contributed by atoms with Gasteiger partial charge in [0.2, 0.25) is 0 Å². The smallest absolute Gasteiger partial charge is 0.365 e. The Kier molecular flexibility index (Phi) is 2.13. The highest BCUT2D eigenvalue weighted by Crippen LogP contribution is 2.00. The number of carbonyl (C=O) groups is 2. The van der Waals surface area contributed by atoms with Crippen molar-refractivity contribution in [2.45, 2.75) is 6.04 Å². The molecule has 0 fully saturated rings. The van der Waals surface area contributed by atoms with Crippen molar-refractivity contribution >= 4 is 23.9 Å². The number of rotatable bonds is 1. The summed E-state index contributed by atoms with van der Waals surface area (Å²) in [5.74, 6) is -2.59. The third-order valence-electron chi connectivity index (χ3n) is 1.26. The highest BCUT2D eigenvalue weighted by Gasteiger charge is 2.34. The summed E-state index contributed by atoms with van der Waals surface area (Å²) in [5, 5.41) is 10.1. The molecular weight excluding hydrogens is 180 g/mol. The molecule has 0 aromatic heterocycles. The van der Waals surface area contributed by atoms with Crippen LogP contribution in [0.25, 0.3) is 0 Å². The Bertz CT molecular complexity index is 344. The van der Waals surface area contributed by atoms with Crippen LogP contribution in [0.1, 0.15) is 0 Å². The highest BCUT2D eigenvalue weighted by molar-refractivity contribution is 6.31. The van der Waals surface area contributed by atoms with Crippen LogP contribution in [0.2, 0.25) is 0 Å². The lowest BCUT2D eigenvalue weighted by atomic mass is 10.2. The van der Waals surface area contributed by atoms with Crippen molar-refractivity contribution in [1.82, 2.24) is 0 Å². The summed E-state index contributed by atoms with van der Waals surface area (Å²) in [6.45, 7) is 0. The average Bonchev–Trinajstić information content (AvgIpc) is 2.04. The first-order valence-corrected chi connectivity index (χ1v) is 3.12. The Hall–Kier alpha value is -2.12. The summed E-state index contributed by atoms with van der Waals surface area (Å²) in [6, 6.07) is -1.56. The van der Waals surface area contributed by atoms with Gasteiger partial charge in [-0.1, -0.05) is 4.99 Å². The van der Waals surface area contributed by atoms with E-state index in [2.05, 4.69) is 9.98 Å². The summed E-state index contributed by atoms with van der Waals surface area (Å²) in [5.41, 5.74) is 4.76. The molecule has 1 atom stereocenters. The monoisotopic (exact) mass is 184 g/mol. The standard InChI is InChI=1S/C5H4N4O4/c6-4(10)3-5(11)7-1-2(8-3)9(12)13/h1,3H,(H2,6,10). The summed E-state index contributed by atoms with van der Waals surface area (Å²) < 4.78 is 0. The predicted molar refractivity (Wildman–Crippen MR) is 40.9 cm³/mol. The maximum Gasteiger partial charge on any atom is 0.378 e. The van der Waals surface area contributed by atoms with Gasteiger partial charge in [0.1, 0.15) is 6.21 Å². The second-order valence-corrected chi connectivity index (χ2v) is 2.15. The summed E-state index contributed by atoms with van der Waals surface area (Å²) in [4.78, 5) is 36.9. The second kappa shape index (κ2) is 3.09. The van der Waals surface area contributed by atoms with E-state index in [4.69, 9.17) is 5.73 Å². The topological polar surface area (TPSA) is 128 Å². The van der Waals surface area contributed by atoms with Crippen molar-refractivity contribution in [2.75, 3.05) is 0 Å². The maximum atomic E-state index is 10.8. The number of aliphatic imine (C=N–C) groups is 2. The van der Waals surface area contributed by atoms with Crippen molar-refractivity contribution in [3.63, 3.8) is 0 Å². The van der Waals surface area contributed by atoms with Crippen molar-refractivity contribution in [3.8, 4) is 0 Å². The molecule has 0 saturated heterocycles. The van der Waals surface area contributed by atoms with Crippen molar-refractivity contribution in [1.29, 1.82) is 0 Å². The minimum atomic E-state index is -1.56.